The number of para-hydroxylation sites is 1. The third kappa shape index (κ3) is 2.01. The number of hydrogen-bond donors (Lipinski definition) is 1. The standard InChI is InChI=1S/C14H15N3O2/c1-8-7-11(8)13(18)16-17-9(2)15-12-6-4-3-5-10(12)14(17)19/h3-6,8,11H,7H2,1-2H3,(H,16,18)/t8-,11-/m1/s1. The second-order valence-electron chi connectivity index (χ2n) is 5.11. The van der Waals surface area contributed by atoms with Crippen molar-refractivity contribution in [3.8, 4) is 0 Å². The molecule has 1 aromatic carbocycles. The Morgan fingerprint density at radius 3 is 2.79 bits per heavy atom. The summed E-state index contributed by atoms with van der Waals surface area (Å²) in [6, 6.07) is 7.13. The van der Waals surface area contributed by atoms with Gasteiger partial charge in [0.2, 0.25) is 5.91 Å². The molecule has 2 aromatic rings. The molecule has 2 atom stereocenters. The minimum Gasteiger partial charge on any atom is -0.273 e. The summed E-state index contributed by atoms with van der Waals surface area (Å²) < 4.78 is 1.25. The van der Waals surface area contributed by atoms with Crippen LogP contribution in [0.3, 0.4) is 0 Å². The van der Waals surface area contributed by atoms with E-state index in [-0.39, 0.29) is 17.4 Å². The Hall–Kier alpha value is -2.17. The van der Waals surface area contributed by atoms with Crippen LogP contribution in [0.5, 0.6) is 0 Å². The molecule has 0 saturated heterocycles. The van der Waals surface area contributed by atoms with E-state index >= 15 is 0 Å². The van der Waals surface area contributed by atoms with Crippen LogP contribution in [0.4, 0.5) is 0 Å². The lowest BCUT2D eigenvalue weighted by molar-refractivity contribution is -0.118. The van der Waals surface area contributed by atoms with Gasteiger partial charge >= 0.3 is 0 Å². The van der Waals surface area contributed by atoms with Gasteiger partial charge in [-0.2, -0.15) is 0 Å². The largest absolute Gasteiger partial charge is 0.280 e. The molecule has 1 N–H and O–H groups in total. The van der Waals surface area contributed by atoms with Gasteiger partial charge in [0.1, 0.15) is 5.82 Å². The lowest BCUT2D eigenvalue weighted by Crippen LogP contribution is -2.36. The molecule has 1 heterocycles. The second-order valence-corrected chi connectivity index (χ2v) is 5.11. The fourth-order valence-electron chi connectivity index (χ4n) is 2.26. The van der Waals surface area contributed by atoms with Crippen molar-refractivity contribution in [2.45, 2.75) is 20.3 Å². The van der Waals surface area contributed by atoms with Crippen molar-refractivity contribution in [2.24, 2.45) is 11.8 Å². The number of nitrogens with one attached hydrogen (secondary N) is 1. The SMILES string of the molecule is Cc1nc2ccccc2c(=O)n1NC(=O)[C@@H]1C[C@H]1C. The number of carbonyl (C=O) groups is 1. The van der Waals surface area contributed by atoms with Crippen LogP contribution in [0.2, 0.25) is 0 Å². The fraction of sp³-hybridized carbons (Fsp3) is 0.357. The third-order valence-electron chi connectivity index (χ3n) is 3.61. The summed E-state index contributed by atoms with van der Waals surface area (Å²) in [5.41, 5.74) is 3.08. The molecule has 0 radical (unpaired) electrons. The molecule has 1 saturated carbocycles. The second kappa shape index (κ2) is 4.19. The Bertz CT molecular complexity index is 720. The third-order valence-corrected chi connectivity index (χ3v) is 3.61. The Balaban J connectivity index is 2.03. The van der Waals surface area contributed by atoms with E-state index in [4.69, 9.17) is 0 Å². The minimum atomic E-state index is -0.232. The van der Waals surface area contributed by atoms with Gasteiger partial charge in [0.05, 0.1) is 10.9 Å². The first kappa shape index (κ1) is 11.9. The lowest BCUT2D eigenvalue weighted by atomic mass is 10.2. The predicted octanol–water partition coefficient (Wildman–Crippen LogP) is 1.43. The predicted molar refractivity (Wildman–Crippen MR) is 72.4 cm³/mol. The van der Waals surface area contributed by atoms with E-state index in [0.29, 0.717) is 22.6 Å². The Kier molecular flexibility index (Phi) is 2.62. The summed E-state index contributed by atoms with van der Waals surface area (Å²) in [6.07, 6.45) is 0.890. The molecular formula is C14H15N3O2. The highest BCUT2D eigenvalue weighted by Crippen LogP contribution is 2.37. The van der Waals surface area contributed by atoms with Gasteiger partial charge < -0.3 is 0 Å². The molecule has 98 valence electrons. The quantitative estimate of drug-likeness (QED) is 0.885. The molecule has 3 rings (SSSR count). The van der Waals surface area contributed by atoms with Gasteiger partial charge in [0.15, 0.2) is 0 Å². The molecule has 1 aromatic heterocycles. The number of carbonyl (C=O) groups excluding carboxylic acids is 1. The highest BCUT2D eigenvalue weighted by Gasteiger charge is 2.39. The lowest BCUT2D eigenvalue weighted by Gasteiger charge is -2.11. The van der Waals surface area contributed by atoms with Gasteiger partial charge in [-0.25, -0.2) is 9.66 Å². The normalized spacial score (nSPS) is 21.4. The van der Waals surface area contributed by atoms with Crippen molar-refractivity contribution >= 4 is 16.8 Å². The number of hydrogen-bond acceptors (Lipinski definition) is 3. The number of fused-ring (bicyclic) bond motifs is 1. The van der Waals surface area contributed by atoms with E-state index in [1.165, 1.54) is 4.68 Å². The maximum Gasteiger partial charge on any atom is 0.280 e. The van der Waals surface area contributed by atoms with Crippen LogP contribution in [0.1, 0.15) is 19.2 Å². The van der Waals surface area contributed by atoms with Crippen molar-refractivity contribution in [1.29, 1.82) is 0 Å². The van der Waals surface area contributed by atoms with Gasteiger partial charge in [-0.1, -0.05) is 19.1 Å². The molecular weight excluding hydrogens is 242 g/mol. The smallest absolute Gasteiger partial charge is 0.273 e. The van der Waals surface area contributed by atoms with Crippen LogP contribution in [0, 0.1) is 18.8 Å². The topological polar surface area (TPSA) is 64.0 Å². The summed E-state index contributed by atoms with van der Waals surface area (Å²) >= 11 is 0. The van der Waals surface area contributed by atoms with Gasteiger partial charge in [0.25, 0.3) is 5.56 Å². The summed E-state index contributed by atoms with van der Waals surface area (Å²) in [4.78, 5) is 28.6. The fourth-order valence-corrected chi connectivity index (χ4v) is 2.26. The first-order valence-electron chi connectivity index (χ1n) is 6.37. The Labute approximate surface area is 110 Å². The van der Waals surface area contributed by atoms with Crippen molar-refractivity contribution in [3.63, 3.8) is 0 Å². The van der Waals surface area contributed by atoms with E-state index in [0.717, 1.165) is 6.42 Å². The van der Waals surface area contributed by atoms with Gasteiger partial charge in [-0.3, -0.25) is 15.0 Å². The molecule has 1 amide bonds. The summed E-state index contributed by atoms with van der Waals surface area (Å²) in [6.45, 7) is 3.74. The zero-order valence-electron chi connectivity index (χ0n) is 10.9. The van der Waals surface area contributed by atoms with Crippen LogP contribution in [-0.4, -0.2) is 15.6 Å². The van der Waals surface area contributed by atoms with Crippen LogP contribution in [0.15, 0.2) is 29.1 Å². The summed E-state index contributed by atoms with van der Waals surface area (Å²) in [5.74, 6) is 0.822. The van der Waals surface area contributed by atoms with Crippen LogP contribution in [-0.2, 0) is 4.79 Å². The molecule has 0 bridgehead atoms. The summed E-state index contributed by atoms with van der Waals surface area (Å²) in [7, 11) is 0. The van der Waals surface area contributed by atoms with Gasteiger partial charge in [-0.05, 0) is 31.4 Å². The van der Waals surface area contributed by atoms with Crippen molar-refractivity contribution in [2.75, 3.05) is 5.43 Å². The number of benzene rings is 1. The van der Waals surface area contributed by atoms with Crippen molar-refractivity contribution in [1.82, 2.24) is 9.66 Å². The van der Waals surface area contributed by atoms with Crippen molar-refractivity contribution < 1.29 is 4.79 Å². The average molecular weight is 257 g/mol. The maximum atomic E-state index is 12.3. The molecule has 0 spiro atoms. The highest BCUT2D eigenvalue weighted by atomic mass is 16.2. The van der Waals surface area contributed by atoms with Crippen LogP contribution < -0.4 is 11.0 Å². The first-order chi connectivity index (χ1) is 9.08. The number of rotatable bonds is 2. The number of aryl methyl sites for hydroxylation is 1. The average Bonchev–Trinajstić information content (AvgIpc) is 3.11. The number of nitrogens with zero attached hydrogens (tertiary/aromatic N) is 2. The number of amides is 1. The van der Waals surface area contributed by atoms with E-state index < -0.39 is 0 Å². The Morgan fingerprint density at radius 2 is 2.11 bits per heavy atom. The van der Waals surface area contributed by atoms with Gasteiger partial charge in [-0.15, -0.1) is 0 Å². The summed E-state index contributed by atoms with van der Waals surface area (Å²) in [5, 5.41) is 0.511. The first-order valence-corrected chi connectivity index (χ1v) is 6.37. The molecule has 1 aliphatic carbocycles. The molecule has 0 aliphatic heterocycles. The van der Waals surface area contributed by atoms with Gasteiger partial charge in [0, 0.05) is 5.92 Å². The van der Waals surface area contributed by atoms with E-state index in [1.807, 2.05) is 13.0 Å². The van der Waals surface area contributed by atoms with E-state index in [9.17, 15) is 9.59 Å². The minimum absolute atomic E-state index is 0.0257. The zero-order valence-corrected chi connectivity index (χ0v) is 10.9. The van der Waals surface area contributed by atoms with Crippen molar-refractivity contribution in [3.05, 3.63) is 40.4 Å². The van der Waals surface area contributed by atoms with Crippen LogP contribution in [0.25, 0.3) is 10.9 Å². The highest BCUT2D eigenvalue weighted by molar-refractivity contribution is 5.88. The van der Waals surface area contributed by atoms with Crippen LogP contribution >= 0.6 is 0 Å². The molecule has 5 nitrogen and oxygen atoms in total. The van der Waals surface area contributed by atoms with E-state index in [2.05, 4.69) is 10.4 Å². The molecule has 0 unspecified atom stereocenters. The number of aromatic nitrogens is 2. The Morgan fingerprint density at radius 1 is 1.42 bits per heavy atom. The molecule has 19 heavy (non-hydrogen) atoms. The molecule has 1 fully saturated rings. The monoisotopic (exact) mass is 257 g/mol. The molecule has 5 heteroatoms. The van der Waals surface area contributed by atoms with E-state index in [1.54, 1.807) is 25.1 Å². The zero-order chi connectivity index (χ0) is 13.6. The molecule has 1 aliphatic rings. The maximum absolute atomic E-state index is 12.3.